The van der Waals surface area contributed by atoms with Gasteiger partial charge in [0.05, 0.1) is 19.3 Å². The Hall–Kier alpha value is -2.47. The molecule has 2 aromatic heterocycles. The first kappa shape index (κ1) is 14.1. The minimum absolute atomic E-state index is 0.462. The van der Waals surface area contributed by atoms with Crippen LogP contribution in [-0.2, 0) is 13.1 Å². The highest BCUT2D eigenvalue weighted by molar-refractivity contribution is 5.55. The molecule has 0 amide bonds. The molecule has 1 saturated heterocycles. The Bertz CT molecular complexity index is 737. The number of aromatic nitrogens is 4. The summed E-state index contributed by atoms with van der Waals surface area (Å²) in [5, 5.41) is 4.20. The Kier molecular flexibility index (Phi) is 3.90. The van der Waals surface area contributed by atoms with Gasteiger partial charge in [0.1, 0.15) is 12.7 Å². The Labute approximate surface area is 134 Å². The maximum absolute atomic E-state index is 5.93. The molecule has 23 heavy (non-hydrogen) atoms. The zero-order valence-corrected chi connectivity index (χ0v) is 12.9. The molecule has 0 N–H and O–H groups in total. The highest BCUT2D eigenvalue weighted by Gasteiger charge is 2.26. The molecule has 6 heteroatoms. The molecule has 0 spiro atoms. The second-order valence-corrected chi connectivity index (χ2v) is 5.87. The van der Waals surface area contributed by atoms with E-state index in [0.29, 0.717) is 6.04 Å². The predicted octanol–water partition coefficient (Wildman–Crippen LogP) is 2.60. The number of rotatable bonds is 5. The lowest BCUT2D eigenvalue weighted by molar-refractivity contribution is 0.200. The van der Waals surface area contributed by atoms with E-state index >= 15 is 0 Å². The molecule has 1 aliphatic rings. The molecule has 1 atom stereocenters. The van der Waals surface area contributed by atoms with Crippen LogP contribution in [0.15, 0.2) is 53.6 Å². The second kappa shape index (κ2) is 6.34. The molecule has 1 aromatic carbocycles. The number of hydrogen-bond donors (Lipinski definition) is 0. The van der Waals surface area contributed by atoms with Gasteiger partial charge in [-0.05, 0) is 19.4 Å². The van der Waals surface area contributed by atoms with Gasteiger partial charge in [-0.3, -0.25) is 9.58 Å². The molecular weight excluding hydrogens is 290 g/mol. The summed E-state index contributed by atoms with van der Waals surface area (Å²) in [5.74, 6) is 1.60. The van der Waals surface area contributed by atoms with Crippen LogP contribution in [0.25, 0.3) is 11.3 Å². The first-order valence-corrected chi connectivity index (χ1v) is 7.95. The third-order valence-electron chi connectivity index (χ3n) is 4.31. The van der Waals surface area contributed by atoms with Crippen LogP contribution < -0.4 is 0 Å². The third-order valence-corrected chi connectivity index (χ3v) is 4.31. The van der Waals surface area contributed by atoms with E-state index < -0.39 is 0 Å². The average Bonchev–Trinajstić information content (AvgIpc) is 3.33. The van der Waals surface area contributed by atoms with Crippen molar-refractivity contribution < 1.29 is 4.42 Å². The summed E-state index contributed by atoms with van der Waals surface area (Å²) < 4.78 is 7.82. The molecule has 6 nitrogen and oxygen atoms in total. The van der Waals surface area contributed by atoms with E-state index in [1.807, 2.05) is 41.2 Å². The fraction of sp³-hybridized carbons (Fsp3) is 0.353. The monoisotopic (exact) mass is 309 g/mol. The van der Waals surface area contributed by atoms with Crippen LogP contribution in [0.4, 0.5) is 0 Å². The normalized spacial score (nSPS) is 18.5. The zero-order valence-electron chi connectivity index (χ0n) is 12.9. The Morgan fingerprint density at radius 1 is 1.22 bits per heavy atom. The molecule has 4 rings (SSSR count). The molecule has 118 valence electrons. The van der Waals surface area contributed by atoms with E-state index in [9.17, 15) is 0 Å². The van der Waals surface area contributed by atoms with Crippen LogP contribution in [0, 0.1) is 0 Å². The van der Waals surface area contributed by atoms with Crippen molar-refractivity contribution in [1.29, 1.82) is 0 Å². The molecule has 1 unspecified atom stereocenters. The van der Waals surface area contributed by atoms with E-state index in [0.717, 1.165) is 36.8 Å². The fourth-order valence-electron chi connectivity index (χ4n) is 3.15. The van der Waals surface area contributed by atoms with E-state index in [1.54, 1.807) is 12.7 Å². The van der Waals surface area contributed by atoms with Gasteiger partial charge >= 0.3 is 0 Å². The first-order chi connectivity index (χ1) is 11.4. The summed E-state index contributed by atoms with van der Waals surface area (Å²) in [4.78, 5) is 10.9. The standard InChI is InChI=1S/C17H19N5O/c1-2-5-14(6-3-1)16-9-19-17(23-16)11-21-8-4-7-15(21)10-22-13-18-12-20-22/h1-3,5-6,9,12-13,15H,4,7-8,10-11H2. The molecule has 0 radical (unpaired) electrons. The lowest BCUT2D eigenvalue weighted by Crippen LogP contribution is -2.32. The lowest BCUT2D eigenvalue weighted by atomic mass is 10.2. The summed E-state index contributed by atoms with van der Waals surface area (Å²) in [7, 11) is 0. The largest absolute Gasteiger partial charge is 0.439 e. The highest BCUT2D eigenvalue weighted by atomic mass is 16.4. The van der Waals surface area contributed by atoms with Gasteiger partial charge in [-0.15, -0.1) is 0 Å². The maximum atomic E-state index is 5.93. The third kappa shape index (κ3) is 3.17. The predicted molar refractivity (Wildman–Crippen MR) is 85.4 cm³/mol. The van der Waals surface area contributed by atoms with Crippen molar-refractivity contribution in [2.45, 2.75) is 32.0 Å². The minimum Gasteiger partial charge on any atom is -0.439 e. The van der Waals surface area contributed by atoms with E-state index in [-0.39, 0.29) is 0 Å². The summed E-state index contributed by atoms with van der Waals surface area (Å²) in [6, 6.07) is 10.5. The van der Waals surface area contributed by atoms with Gasteiger partial charge in [0.15, 0.2) is 5.76 Å². The van der Waals surface area contributed by atoms with Crippen LogP contribution in [-0.4, -0.2) is 37.2 Å². The molecule has 0 aliphatic carbocycles. The van der Waals surface area contributed by atoms with Crippen molar-refractivity contribution >= 4 is 0 Å². The first-order valence-electron chi connectivity index (χ1n) is 7.95. The number of likely N-dealkylation sites (tertiary alicyclic amines) is 1. The van der Waals surface area contributed by atoms with E-state index in [1.165, 1.54) is 12.8 Å². The summed E-state index contributed by atoms with van der Waals surface area (Å²) in [6.45, 7) is 2.68. The van der Waals surface area contributed by atoms with Crippen LogP contribution in [0.3, 0.4) is 0 Å². The fourth-order valence-corrected chi connectivity index (χ4v) is 3.15. The minimum atomic E-state index is 0.462. The lowest BCUT2D eigenvalue weighted by Gasteiger charge is -2.22. The van der Waals surface area contributed by atoms with Gasteiger partial charge in [-0.25, -0.2) is 9.97 Å². The molecule has 1 aliphatic heterocycles. The smallest absolute Gasteiger partial charge is 0.209 e. The Morgan fingerprint density at radius 2 is 2.13 bits per heavy atom. The Morgan fingerprint density at radius 3 is 2.96 bits per heavy atom. The quantitative estimate of drug-likeness (QED) is 0.725. The molecule has 0 bridgehead atoms. The van der Waals surface area contributed by atoms with Crippen molar-refractivity contribution in [2.75, 3.05) is 6.54 Å². The number of benzene rings is 1. The van der Waals surface area contributed by atoms with Crippen LogP contribution >= 0.6 is 0 Å². The number of oxazole rings is 1. The van der Waals surface area contributed by atoms with Crippen molar-refractivity contribution in [2.24, 2.45) is 0 Å². The number of hydrogen-bond acceptors (Lipinski definition) is 5. The molecular formula is C17H19N5O. The maximum Gasteiger partial charge on any atom is 0.209 e. The van der Waals surface area contributed by atoms with Crippen LogP contribution in [0.5, 0.6) is 0 Å². The van der Waals surface area contributed by atoms with Gasteiger partial charge < -0.3 is 4.42 Å². The van der Waals surface area contributed by atoms with Gasteiger partial charge in [0, 0.05) is 11.6 Å². The van der Waals surface area contributed by atoms with Crippen molar-refractivity contribution in [1.82, 2.24) is 24.6 Å². The Balaban J connectivity index is 1.44. The van der Waals surface area contributed by atoms with Crippen molar-refractivity contribution in [3.8, 4) is 11.3 Å². The van der Waals surface area contributed by atoms with E-state index in [2.05, 4.69) is 20.0 Å². The summed E-state index contributed by atoms with van der Waals surface area (Å²) in [6.07, 6.45) is 7.54. The van der Waals surface area contributed by atoms with Crippen LogP contribution in [0.1, 0.15) is 18.7 Å². The summed E-state index contributed by atoms with van der Waals surface area (Å²) in [5.41, 5.74) is 1.06. The van der Waals surface area contributed by atoms with Gasteiger partial charge in [-0.1, -0.05) is 30.3 Å². The van der Waals surface area contributed by atoms with Crippen molar-refractivity contribution in [3.05, 3.63) is 55.1 Å². The van der Waals surface area contributed by atoms with Crippen molar-refractivity contribution in [3.63, 3.8) is 0 Å². The molecule has 0 saturated carbocycles. The molecule has 3 aromatic rings. The average molecular weight is 309 g/mol. The number of nitrogens with zero attached hydrogens (tertiary/aromatic N) is 5. The highest BCUT2D eigenvalue weighted by Crippen LogP contribution is 2.24. The molecule has 3 heterocycles. The van der Waals surface area contributed by atoms with Gasteiger partial charge in [-0.2, -0.15) is 5.10 Å². The SMILES string of the molecule is c1ccc(-c2cnc(CN3CCCC3Cn3cncn3)o2)cc1. The summed E-state index contributed by atoms with van der Waals surface area (Å²) >= 11 is 0. The second-order valence-electron chi connectivity index (χ2n) is 5.87. The zero-order chi connectivity index (χ0) is 15.5. The topological polar surface area (TPSA) is 60.0 Å². The van der Waals surface area contributed by atoms with Gasteiger partial charge in [0.25, 0.3) is 0 Å². The van der Waals surface area contributed by atoms with E-state index in [4.69, 9.17) is 4.42 Å². The van der Waals surface area contributed by atoms with Crippen LogP contribution in [0.2, 0.25) is 0 Å². The van der Waals surface area contributed by atoms with Gasteiger partial charge in [0.2, 0.25) is 5.89 Å². The molecule has 1 fully saturated rings.